The third-order valence-electron chi connectivity index (χ3n) is 3.73. The minimum absolute atomic E-state index is 0.0584. The third-order valence-corrected chi connectivity index (χ3v) is 4.69. The van der Waals surface area contributed by atoms with Gasteiger partial charge in [-0.1, -0.05) is 6.42 Å². The van der Waals surface area contributed by atoms with E-state index in [0.29, 0.717) is 5.92 Å². The average Bonchev–Trinajstić information content (AvgIpc) is 2.79. The summed E-state index contributed by atoms with van der Waals surface area (Å²) in [5.74, 6) is 1.60. The van der Waals surface area contributed by atoms with Gasteiger partial charge in [-0.3, -0.25) is 0 Å². The Morgan fingerprint density at radius 3 is 3.00 bits per heavy atom. The van der Waals surface area contributed by atoms with Crippen LogP contribution in [-0.4, -0.2) is 4.98 Å². The van der Waals surface area contributed by atoms with E-state index in [4.69, 9.17) is 5.73 Å². The number of fused-ring (bicyclic) bond motifs is 2. The molecule has 3 atom stereocenters. The molecule has 3 unspecified atom stereocenters. The maximum atomic E-state index is 6.46. The van der Waals surface area contributed by atoms with Crippen molar-refractivity contribution in [2.75, 3.05) is 0 Å². The molecule has 0 amide bonds. The normalized spacial score (nSPS) is 42.8. The predicted molar refractivity (Wildman–Crippen MR) is 53.4 cm³/mol. The first-order chi connectivity index (χ1) is 6.29. The van der Waals surface area contributed by atoms with Gasteiger partial charge in [-0.05, 0) is 31.1 Å². The lowest BCUT2D eigenvalue weighted by Crippen LogP contribution is -2.41. The van der Waals surface area contributed by atoms with Crippen LogP contribution in [-0.2, 0) is 5.54 Å². The maximum Gasteiger partial charge on any atom is 0.113 e. The number of aromatic nitrogens is 1. The molecular weight excluding hydrogens is 180 g/mol. The molecule has 0 saturated heterocycles. The molecule has 2 fully saturated rings. The number of hydrogen-bond acceptors (Lipinski definition) is 3. The topological polar surface area (TPSA) is 38.9 Å². The van der Waals surface area contributed by atoms with Gasteiger partial charge in [-0.25, -0.2) is 4.98 Å². The summed E-state index contributed by atoms with van der Waals surface area (Å²) >= 11 is 1.72. The Labute approximate surface area is 82.2 Å². The highest BCUT2D eigenvalue weighted by Gasteiger charge is 2.50. The lowest BCUT2D eigenvalue weighted by Gasteiger charge is -2.31. The molecule has 0 radical (unpaired) electrons. The van der Waals surface area contributed by atoms with Crippen LogP contribution in [0.1, 0.15) is 30.7 Å². The van der Waals surface area contributed by atoms with Crippen molar-refractivity contribution in [3.05, 3.63) is 16.6 Å². The summed E-state index contributed by atoms with van der Waals surface area (Å²) in [4.78, 5) is 4.38. The van der Waals surface area contributed by atoms with Gasteiger partial charge in [0, 0.05) is 11.6 Å². The van der Waals surface area contributed by atoms with E-state index < -0.39 is 0 Å². The lowest BCUT2D eigenvalue weighted by atomic mass is 9.82. The van der Waals surface area contributed by atoms with Crippen molar-refractivity contribution in [2.24, 2.45) is 17.6 Å². The van der Waals surface area contributed by atoms with Crippen LogP contribution in [0.2, 0.25) is 0 Å². The molecule has 2 saturated carbocycles. The van der Waals surface area contributed by atoms with Crippen molar-refractivity contribution in [3.8, 4) is 0 Å². The highest BCUT2D eigenvalue weighted by atomic mass is 32.1. The molecule has 3 heteroatoms. The second kappa shape index (κ2) is 2.55. The van der Waals surface area contributed by atoms with Crippen molar-refractivity contribution < 1.29 is 0 Å². The fourth-order valence-corrected chi connectivity index (χ4v) is 3.93. The monoisotopic (exact) mass is 194 g/mol. The van der Waals surface area contributed by atoms with Crippen LogP contribution in [0.3, 0.4) is 0 Å². The molecule has 70 valence electrons. The van der Waals surface area contributed by atoms with Gasteiger partial charge >= 0.3 is 0 Å². The highest BCUT2D eigenvalue weighted by Crippen LogP contribution is 2.54. The summed E-state index contributed by atoms with van der Waals surface area (Å²) in [5, 5.41) is 3.20. The fourth-order valence-electron chi connectivity index (χ4n) is 3.09. The van der Waals surface area contributed by atoms with E-state index in [1.165, 1.54) is 30.7 Å². The zero-order chi connectivity index (χ0) is 8.89. The van der Waals surface area contributed by atoms with E-state index in [9.17, 15) is 0 Å². The van der Waals surface area contributed by atoms with Crippen LogP contribution < -0.4 is 5.73 Å². The molecular formula is C10H14N2S. The quantitative estimate of drug-likeness (QED) is 0.743. The Morgan fingerprint density at radius 2 is 2.46 bits per heavy atom. The van der Waals surface area contributed by atoms with Gasteiger partial charge in [-0.2, -0.15) is 0 Å². The average molecular weight is 194 g/mol. The van der Waals surface area contributed by atoms with Gasteiger partial charge in [0.2, 0.25) is 0 Å². The molecule has 0 spiro atoms. The van der Waals surface area contributed by atoms with Crippen LogP contribution in [0, 0.1) is 11.8 Å². The number of thiazole rings is 1. The van der Waals surface area contributed by atoms with Crippen LogP contribution in [0.5, 0.6) is 0 Å². The molecule has 3 rings (SSSR count). The summed E-state index contributed by atoms with van der Waals surface area (Å²) in [5.41, 5.74) is 6.40. The second-order valence-corrected chi connectivity index (χ2v) is 5.35. The molecule has 1 aromatic rings. The lowest BCUT2D eigenvalue weighted by molar-refractivity contribution is 0.275. The first kappa shape index (κ1) is 7.94. The fraction of sp³-hybridized carbons (Fsp3) is 0.700. The Bertz CT molecular complexity index is 309. The van der Waals surface area contributed by atoms with Crippen molar-refractivity contribution in [2.45, 2.75) is 31.2 Å². The summed E-state index contributed by atoms with van der Waals surface area (Å²) in [6.45, 7) is 0. The van der Waals surface area contributed by atoms with E-state index >= 15 is 0 Å². The van der Waals surface area contributed by atoms with Crippen LogP contribution in [0.4, 0.5) is 0 Å². The van der Waals surface area contributed by atoms with E-state index in [-0.39, 0.29) is 5.54 Å². The zero-order valence-electron chi connectivity index (χ0n) is 7.57. The maximum absolute atomic E-state index is 6.46. The Morgan fingerprint density at radius 1 is 1.54 bits per heavy atom. The number of nitrogens with two attached hydrogens (primary N) is 1. The third kappa shape index (κ3) is 1.00. The van der Waals surface area contributed by atoms with Crippen LogP contribution in [0.15, 0.2) is 11.6 Å². The van der Waals surface area contributed by atoms with Gasteiger partial charge in [-0.15, -0.1) is 11.3 Å². The Balaban J connectivity index is 1.98. The van der Waals surface area contributed by atoms with E-state index in [1.807, 2.05) is 11.6 Å². The van der Waals surface area contributed by atoms with E-state index in [1.54, 1.807) is 11.3 Å². The molecule has 2 bridgehead atoms. The minimum Gasteiger partial charge on any atom is -0.319 e. The van der Waals surface area contributed by atoms with Crippen molar-refractivity contribution in [1.29, 1.82) is 0 Å². The molecule has 2 aliphatic carbocycles. The summed E-state index contributed by atoms with van der Waals surface area (Å²) in [6.07, 6.45) is 7.11. The summed E-state index contributed by atoms with van der Waals surface area (Å²) in [7, 11) is 0. The number of hydrogen-bond donors (Lipinski definition) is 1. The number of rotatable bonds is 1. The highest BCUT2D eigenvalue weighted by molar-refractivity contribution is 7.09. The van der Waals surface area contributed by atoms with E-state index in [2.05, 4.69) is 4.98 Å². The van der Waals surface area contributed by atoms with Gasteiger partial charge < -0.3 is 5.73 Å². The van der Waals surface area contributed by atoms with Crippen molar-refractivity contribution >= 4 is 11.3 Å². The standard InChI is InChI=1S/C10H14N2S/c11-10(9-12-3-4-13-9)6-7-1-2-8(10)5-7/h3-4,7-8H,1-2,5-6,11H2. The minimum atomic E-state index is -0.0584. The largest absolute Gasteiger partial charge is 0.319 e. The smallest absolute Gasteiger partial charge is 0.113 e. The van der Waals surface area contributed by atoms with Gasteiger partial charge in [0.25, 0.3) is 0 Å². The first-order valence-corrected chi connectivity index (χ1v) is 5.86. The molecule has 1 aromatic heterocycles. The molecule has 13 heavy (non-hydrogen) atoms. The molecule has 2 aliphatic rings. The first-order valence-electron chi connectivity index (χ1n) is 4.98. The molecule has 0 aromatic carbocycles. The van der Waals surface area contributed by atoms with E-state index in [0.717, 1.165) is 5.92 Å². The molecule has 1 heterocycles. The SMILES string of the molecule is NC1(c2nccs2)CC2CCC1C2. The molecule has 2 nitrogen and oxygen atoms in total. The second-order valence-electron chi connectivity index (χ2n) is 4.46. The van der Waals surface area contributed by atoms with Gasteiger partial charge in [0.1, 0.15) is 5.01 Å². The van der Waals surface area contributed by atoms with Crippen molar-refractivity contribution in [1.82, 2.24) is 4.98 Å². The Kier molecular flexibility index (Phi) is 1.56. The van der Waals surface area contributed by atoms with Crippen LogP contribution >= 0.6 is 11.3 Å². The summed E-state index contributed by atoms with van der Waals surface area (Å²) < 4.78 is 0. The van der Waals surface area contributed by atoms with Crippen molar-refractivity contribution in [3.63, 3.8) is 0 Å². The van der Waals surface area contributed by atoms with Gasteiger partial charge in [0.05, 0.1) is 5.54 Å². The zero-order valence-corrected chi connectivity index (χ0v) is 8.39. The molecule has 2 N–H and O–H groups in total. The summed E-state index contributed by atoms with van der Waals surface area (Å²) in [6, 6.07) is 0. The number of nitrogens with zero attached hydrogens (tertiary/aromatic N) is 1. The van der Waals surface area contributed by atoms with Crippen LogP contribution in [0.25, 0.3) is 0 Å². The Hall–Kier alpha value is -0.410. The molecule has 0 aliphatic heterocycles. The van der Waals surface area contributed by atoms with Gasteiger partial charge in [0.15, 0.2) is 0 Å². The predicted octanol–water partition coefficient (Wildman–Crippen LogP) is 2.12.